The van der Waals surface area contributed by atoms with Crippen molar-refractivity contribution < 1.29 is 9.90 Å². The number of pyridine rings is 1. The second-order valence-corrected chi connectivity index (χ2v) is 8.65. The van der Waals surface area contributed by atoms with Crippen LogP contribution in [-0.2, 0) is 13.5 Å². The van der Waals surface area contributed by atoms with Crippen molar-refractivity contribution in [3.05, 3.63) is 112 Å². The first-order valence-corrected chi connectivity index (χ1v) is 11.5. The lowest BCUT2D eigenvalue weighted by Crippen LogP contribution is -2.31. The van der Waals surface area contributed by atoms with Crippen LogP contribution in [0.15, 0.2) is 90.2 Å². The standard InChI is InChI=1S/C28H25N5O3/c1-32-15-22(25-26(29)30-17-31-27(25)32)19-11-9-18(10-12-19)14-24(35)21-8-5-13-33(28(21)36)23(16-34)20-6-3-2-4-7-20/h2-13,15,17,23,34H,14,16H2,1H3,(H2,29,30,31)/t23-/m0/s1. The molecule has 3 heterocycles. The second kappa shape index (κ2) is 9.59. The van der Waals surface area contributed by atoms with E-state index in [1.54, 1.807) is 12.3 Å². The van der Waals surface area contributed by atoms with Crippen LogP contribution in [0, 0.1) is 0 Å². The summed E-state index contributed by atoms with van der Waals surface area (Å²) in [4.78, 5) is 34.7. The molecule has 0 aliphatic rings. The van der Waals surface area contributed by atoms with Crippen molar-refractivity contribution in [3.63, 3.8) is 0 Å². The maximum Gasteiger partial charge on any atom is 0.262 e. The van der Waals surface area contributed by atoms with E-state index in [1.807, 2.05) is 72.4 Å². The first-order chi connectivity index (χ1) is 17.5. The van der Waals surface area contributed by atoms with Crippen LogP contribution in [0.5, 0.6) is 0 Å². The highest BCUT2D eigenvalue weighted by atomic mass is 16.3. The maximum absolute atomic E-state index is 13.2. The van der Waals surface area contributed by atoms with Gasteiger partial charge >= 0.3 is 0 Å². The molecule has 0 unspecified atom stereocenters. The molecule has 180 valence electrons. The fourth-order valence-corrected chi connectivity index (χ4v) is 4.53. The fourth-order valence-electron chi connectivity index (χ4n) is 4.53. The minimum absolute atomic E-state index is 0.0788. The van der Waals surface area contributed by atoms with Crippen molar-refractivity contribution in [2.45, 2.75) is 12.5 Å². The quantitative estimate of drug-likeness (QED) is 0.346. The molecule has 0 aliphatic carbocycles. The highest BCUT2D eigenvalue weighted by Crippen LogP contribution is 2.32. The number of hydrogen-bond acceptors (Lipinski definition) is 6. The van der Waals surface area contributed by atoms with Gasteiger partial charge in [0.15, 0.2) is 5.78 Å². The molecule has 5 aromatic rings. The van der Waals surface area contributed by atoms with E-state index >= 15 is 0 Å². The zero-order valence-electron chi connectivity index (χ0n) is 19.7. The lowest BCUT2D eigenvalue weighted by atomic mass is 10.00. The van der Waals surface area contributed by atoms with Gasteiger partial charge in [-0.25, -0.2) is 9.97 Å². The Bertz CT molecular complexity index is 1600. The van der Waals surface area contributed by atoms with Crippen molar-refractivity contribution in [2.24, 2.45) is 7.05 Å². The van der Waals surface area contributed by atoms with Gasteiger partial charge in [0.1, 0.15) is 17.8 Å². The van der Waals surface area contributed by atoms with E-state index in [9.17, 15) is 14.7 Å². The number of rotatable bonds is 7. The number of nitrogen functional groups attached to an aromatic ring is 1. The molecule has 3 aromatic heterocycles. The number of Topliss-reactive ketones (excluding diaryl/α,β-unsaturated/α-hetero) is 1. The first kappa shape index (κ1) is 23.2. The van der Waals surface area contributed by atoms with Crippen molar-refractivity contribution in [2.75, 3.05) is 12.3 Å². The minimum atomic E-state index is -0.567. The molecular formula is C28H25N5O3. The van der Waals surface area contributed by atoms with E-state index in [1.165, 1.54) is 17.0 Å². The molecule has 0 aliphatic heterocycles. The number of nitrogens with two attached hydrogens (primary N) is 1. The van der Waals surface area contributed by atoms with E-state index in [0.717, 1.165) is 33.3 Å². The Kier molecular flexibility index (Phi) is 6.18. The number of aliphatic hydroxyl groups is 1. The first-order valence-electron chi connectivity index (χ1n) is 11.5. The second-order valence-electron chi connectivity index (χ2n) is 8.65. The van der Waals surface area contributed by atoms with E-state index in [-0.39, 0.29) is 24.4 Å². The van der Waals surface area contributed by atoms with Gasteiger partial charge in [0.25, 0.3) is 5.56 Å². The third-order valence-electron chi connectivity index (χ3n) is 6.38. The summed E-state index contributed by atoms with van der Waals surface area (Å²) in [6, 6.07) is 19.5. The number of anilines is 1. The predicted octanol–water partition coefficient (Wildman–Crippen LogP) is 3.39. The summed E-state index contributed by atoms with van der Waals surface area (Å²) < 4.78 is 3.31. The third-order valence-corrected chi connectivity index (χ3v) is 6.38. The number of hydrogen-bond donors (Lipinski definition) is 2. The summed E-state index contributed by atoms with van der Waals surface area (Å²) in [6.45, 7) is -0.257. The molecule has 8 nitrogen and oxygen atoms in total. The van der Waals surface area contributed by atoms with Crippen molar-refractivity contribution in [1.29, 1.82) is 0 Å². The molecule has 0 radical (unpaired) electrons. The monoisotopic (exact) mass is 479 g/mol. The Hall–Kier alpha value is -4.56. The molecule has 36 heavy (non-hydrogen) atoms. The van der Waals surface area contributed by atoms with Crippen LogP contribution < -0.4 is 11.3 Å². The van der Waals surface area contributed by atoms with E-state index in [4.69, 9.17) is 5.73 Å². The molecule has 8 heteroatoms. The highest BCUT2D eigenvalue weighted by molar-refractivity contribution is 6.01. The molecule has 0 fully saturated rings. The number of carbonyl (C=O) groups is 1. The van der Waals surface area contributed by atoms with Crippen LogP contribution in [-0.4, -0.2) is 36.6 Å². The molecule has 2 aromatic carbocycles. The number of aromatic nitrogens is 4. The molecule has 0 saturated heterocycles. The predicted molar refractivity (Wildman–Crippen MR) is 139 cm³/mol. The summed E-state index contributed by atoms with van der Waals surface area (Å²) in [5, 5.41) is 10.7. The van der Waals surface area contributed by atoms with E-state index < -0.39 is 11.6 Å². The van der Waals surface area contributed by atoms with Gasteiger partial charge in [-0.3, -0.25) is 9.59 Å². The Morgan fingerprint density at radius 1 is 1.03 bits per heavy atom. The molecule has 0 spiro atoms. The molecule has 0 saturated carbocycles. The van der Waals surface area contributed by atoms with Crippen LogP contribution in [0.4, 0.5) is 5.82 Å². The number of benzene rings is 2. The number of carbonyl (C=O) groups excluding carboxylic acids is 1. The Balaban J connectivity index is 1.41. The largest absolute Gasteiger partial charge is 0.394 e. The smallest absolute Gasteiger partial charge is 0.262 e. The average molecular weight is 480 g/mol. The van der Waals surface area contributed by atoms with E-state index in [0.29, 0.717) is 5.82 Å². The van der Waals surface area contributed by atoms with Gasteiger partial charge in [-0.1, -0.05) is 54.6 Å². The van der Waals surface area contributed by atoms with Crippen molar-refractivity contribution >= 4 is 22.6 Å². The summed E-state index contributed by atoms with van der Waals surface area (Å²) in [6.07, 6.45) is 5.07. The minimum Gasteiger partial charge on any atom is -0.394 e. The van der Waals surface area contributed by atoms with Gasteiger partial charge in [0.05, 0.1) is 23.6 Å². The summed E-state index contributed by atoms with van der Waals surface area (Å²) in [5.74, 6) is 0.126. The zero-order chi connectivity index (χ0) is 25.2. The van der Waals surface area contributed by atoms with E-state index in [2.05, 4.69) is 9.97 Å². The molecule has 5 rings (SSSR count). The van der Waals surface area contributed by atoms with Crippen LogP contribution >= 0.6 is 0 Å². The summed E-state index contributed by atoms with van der Waals surface area (Å²) in [5.41, 5.74) is 9.93. The van der Waals surface area contributed by atoms with Crippen LogP contribution in [0.3, 0.4) is 0 Å². The highest BCUT2D eigenvalue weighted by Gasteiger charge is 2.19. The van der Waals surface area contributed by atoms with Crippen LogP contribution in [0.2, 0.25) is 0 Å². The molecule has 0 amide bonds. The lowest BCUT2D eigenvalue weighted by molar-refractivity contribution is 0.0990. The van der Waals surface area contributed by atoms with Gasteiger partial charge < -0.3 is 20.0 Å². The van der Waals surface area contributed by atoms with Crippen molar-refractivity contribution in [3.8, 4) is 11.1 Å². The maximum atomic E-state index is 13.2. The zero-order valence-corrected chi connectivity index (χ0v) is 19.7. The molecule has 1 atom stereocenters. The number of aryl methyl sites for hydroxylation is 1. The topological polar surface area (TPSA) is 116 Å². The summed E-state index contributed by atoms with van der Waals surface area (Å²) >= 11 is 0. The molecule has 0 bridgehead atoms. The normalized spacial score (nSPS) is 12.1. The van der Waals surface area contributed by atoms with Gasteiger partial charge in [-0.2, -0.15) is 0 Å². The number of nitrogens with zero attached hydrogens (tertiary/aromatic N) is 4. The SMILES string of the molecule is Cn1cc(-c2ccc(CC(=O)c3cccn([C@@H](CO)c4ccccc4)c3=O)cc2)c2c(N)ncnc21. The van der Waals surface area contributed by atoms with Gasteiger partial charge in [0.2, 0.25) is 0 Å². The summed E-state index contributed by atoms with van der Waals surface area (Å²) in [7, 11) is 1.90. The fraction of sp³-hybridized carbons (Fsp3) is 0.143. The number of ketones is 1. The molecule has 3 N–H and O–H groups in total. The van der Waals surface area contributed by atoms with Crippen LogP contribution in [0.25, 0.3) is 22.2 Å². The van der Waals surface area contributed by atoms with Crippen LogP contribution in [0.1, 0.15) is 27.5 Å². The lowest BCUT2D eigenvalue weighted by Gasteiger charge is -2.18. The Labute approximate surface area is 207 Å². The molecular weight excluding hydrogens is 454 g/mol. The van der Waals surface area contributed by atoms with Gasteiger partial charge in [0, 0.05) is 31.4 Å². The third kappa shape index (κ3) is 4.18. The van der Waals surface area contributed by atoms with Gasteiger partial charge in [-0.05, 0) is 28.8 Å². The van der Waals surface area contributed by atoms with Gasteiger partial charge in [-0.15, -0.1) is 0 Å². The average Bonchev–Trinajstić information content (AvgIpc) is 3.24. The Morgan fingerprint density at radius 3 is 2.50 bits per heavy atom. The van der Waals surface area contributed by atoms with Crippen molar-refractivity contribution in [1.82, 2.24) is 19.1 Å². The Morgan fingerprint density at radius 2 is 1.78 bits per heavy atom. The number of fused-ring (bicyclic) bond motifs is 1. The number of aliphatic hydroxyl groups excluding tert-OH is 1.